The van der Waals surface area contributed by atoms with E-state index in [2.05, 4.69) is 47.9 Å². The molecule has 0 unspecified atom stereocenters. The molecular formula is C26H25N3O. The van der Waals surface area contributed by atoms with Crippen LogP contribution in [0.5, 0.6) is 0 Å². The lowest BCUT2D eigenvalue weighted by Crippen LogP contribution is -2.45. The molecule has 2 aliphatic rings. The molecular weight excluding hydrogens is 370 g/mol. The van der Waals surface area contributed by atoms with E-state index in [9.17, 15) is 4.79 Å². The van der Waals surface area contributed by atoms with Crippen molar-refractivity contribution in [2.45, 2.75) is 25.7 Å². The number of piperidine rings is 1. The second-order valence-corrected chi connectivity index (χ2v) is 7.99. The number of hydrogen-bond donors (Lipinski definition) is 1. The molecule has 4 nitrogen and oxygen atoms in total. The molecule has 150 valence electrons. The fraction of sp³-hybridized carbons (Fsp3) is 0.231. The number of rotatable bonds is 3. The van der Waals surface area contributed by atoms with Crippen LogP contribution in [0.15, 0.2) is 77.8 Å². The van der Waals surface area contributed by atoms with Crippen LogP contribution >= 0.6 is 0 Å². The van der Waals surface area contributed by atoms with E-state index >= 15 is 0 Å². The highest BCUT2D eigenvalue weighted by molar-refractivity contribution is 6.15. The number of amides is 1. The minimum Gasteiger partial charge on any atom is -0.285 e. The number of hydrazine groups is 1. The van der Waals surface area contributed by atoms with Gasteiger partial charge in [0.05, 0.1) is 11.4 Å². The van der Waals surface area contributed by atoms with E-state index in [4.69, 9.17) is 4.99 Å². The van der Waals surface area contributed by atoms with Gasteiger partial charge in [-0.15, -0.1) is 0 Å². The first kappa shape index (κ1) is 18.8. The van der Waals surface area contributed by atoms with Gasteiger partial charge in [-0.2, -0.15) is 0 Å². The van der Waals surface area contributed by atoms with Gasteiger partial charge >= 0.3 is 0 Å². The van der Waals surface area contributed by atoms with Crippen LogP contribution < -0.4 is 5.43 Å². The van der Waals surface area contributed by atoms with Crippen LogP contribution in [0.2, 0.25) is 0 Å². The smallest absolute Gasteiger partial charge is 0.265 e. The molecule has 3 aromatic rings. The largest absolute Gasteiger partial charge is 0.285 e. The van der Waals surface area contributed by atoms with E-state index in [1.165, 1.54) is 12.0 Å². The van der Waals surface area contributed by atoms with Gasteiger partial charge in [0.25, 0.3) is 5.91 Å². The summed E-state index contributed by atoms with van der Waals surface area (Å²) in [5, 5.41) is 2.03. The predicted molar refractivity (Wildman–Crippen MR) is 120 cm³/mol. The van der Waals surface area contributed by atoms with Crippen molar-refractivity contribution in [1.82, 2.24) is 10.4 Å². The van der Waals surface area contributed by atoms with Crippen LogP contribution in [0.1, 0.15) is 51.9 Å². The Morgan fingerprint density at radius 2 is 1.60 bits per heavy atom. The summed E-state index contributed by atoms with van der Waals surface area (Å²) in [5.41, 5.74) is 10.2. The Balaban J connectivity index is 1.53. The molecule has 0 spiro atoms. The van der Waals surface area contributed by atoms with Crippen LogP contribution in [0.4, 0.5) is 5.69 Å². The maximum Gasteiger partial charge on any atom is 0.265 e. The third kappa shape index (κ3) is 3.79. The topological polar surface area (TPSA) is 44.7 Å². The van der Waals surface area contributed by atoms with Gasteiger partial charge in [-0.1, -0.05) is 67.1 Å². The lowest BCUT2D eigenvalue weighted by atomic mass is 9.95. The normalized spacial score (nSPS) is 16.1. The van der Waals surface area contributed by atoms with Crippen molar-refractivity contribution in [3.63, 3.8) is 0 Å². The molecule has 0 aliphatic carbocycles. The molecule has 1 saturated heterocycles. The monoisotopic (exact) mass is 395 g/mol. The predicted octanol–water partition coefficient (Wildman–Crippen LogP) is 4.89. The van der Waals surface area contributed by atoms with Gasteiger partial charge < -0.3 is 0 Å². The van der Waals surface area contributed by atoms with E-state index in [0.29, 0.717) is 5.56 Å². The first-order chi connectivity index (χ1) is 14.8. The number of nitrogens with zero attached hydrogens (tertiary/aromatic N) is 2. The Bertz CT molecular complexity index is 1100. The molecule has 1 fully saturated rings. The molecule has 0 aromatic heterocycles. The highest BCUT2D eigenvalue weighted by Gasteiger charge is 2.20. The third-order valence-corrected chi connectivity index (χ3v) is 5.90. The molecule has 2 heterocycles. The highest BCUT2D eigenvalue weighted by atomic mass is 16.2. The van der Waals surface area contributed by atoms with Crippen LogP contribution in [0.25, 0.3) is 0 Å². The van der Waals surface area contributed by atoms with E-state index in [-0.39, 0.29) is 5.91 Å². The minimum atomic E-state index is -0.0575. The molecule has 0 atom stereocenters. The molecule has 1 N–H and O–H groups in total. The second kappa shape index (κ2) is 8.25. The molecule has 3 aromatic carbocycles. The summed E-state index contributed by atoms with van der Waals surface area (Å²) in [6.45, 7) is 1.84. The van der Waals surface area contributed by atoms with Crippen molar-refractivity contribution >= 4 is 17.3 Å². The summed E-state index contributed by atoms with van der Waals surface area (Å²) >= 11 is 0. The van der Waals surface area contributed by atoms with Crippen LogP contribution in [-0.4, -0.2) is 29.7 Å². The zero-order chi connectivity index (χ0) is 20.3. The average Bonchev–Trinajstić information content (AvgIpc) is 2.96. The molecule has 5 rings (SSSR count). The number of aliphatic imine (C=N–C) groups is 1. The zero-order valence-electron chi connectivity index (χ0n) is 17.0. The maximum absolute atomic E-state index is 12.9. The van der Waals surface area contributed by atoms with Crippen molar-refractivity contribution < 1.29 is 4.79 Å². The van der Waals surface area contributed by atoms with Crippen molar-refractivity contribution in [1.29, 1.82) is 0 Å². The zero-order valence-corrected chi connectivity index (χ0v) is 17.0. The molecule has 0 bridgehead atoms. The van der Waals surface area contributed by atoms with Crippen molar-refractivity contribution in [2.24, 2.45) is 4.99 Å². The standard InChI is InChI=1S/C26H25N3O/c30-26(28-29-15-7-2-8-16-29)22-14-13-21-17-20-11-5-6-12-23(20)25(27-24(21)18-22)19-9-3-1-4-10-19/h1,3-6,9-14,18H,2,7-8,15-17H2,(H,28,30). The van der Waals surface area contributed by atoms with Gasteiger partial charge in [0.2, 0.25) is 0 Å². The highest BCUT2D eigenvalue weighted by Crippen LogP contribution is 2.31. The quantitative estimate of drug-likeness (QED) is 0.537. The number of hydrogen-bond acceptors (Lipinski definition) is 3. The Hall–Kier alpha value is -3.24. The summed E-state index contributed by atoms with van der Waals surface area (Å²) in [5.74, 6) is -0.0575. The van der Waals surface area contributed by atoms with Gasteiger partial charge in [0.15, 0.2) is 0 Å². The van der Waals surface area contributed by atoms with Crippen molar-refractivity contribution in [3.8, 4) is 0 Å². The van der Waals surface area contributed by atoms with Gasteiger partial charge in [-0.3, -0.25) is 10.2 Å². The van der Waals surface area contributed by atoms with E-state index in [1.807, 2.05) is 35.3 Å². The number of benzene rings is 3. The van der Waals surface area contributed by atoms with E-state index in [0.717, 1.165) is 60.4 Å². The third-order valence-electron chi connectivity index (χ3n) is 5.90. The van der Waals surface area contributed by atoms with Crippen molar-refractivity contribution in [3.05, 3.63) is 101 Å². The molecule has 2 aliphatic heterocycles. The molecule has 30 heavy (non-hydrogen) atoms. The SMILES string of the molecule is O=C(NN1CCCCC1)c1ccc2c(c1)N=C(c1ccccc1)c1ccccc1C2. The molecule has 0 radical (unpaired) electrons. The Morgan fingerprint density at radius 3 is 2.43 bits per heavy atom. The lowest BCUT2D eigenvalue weighted by Gasteiger charge is -2.26. The van der Waals surface area contributed by atoms with Gasteiger partial charge in [-0.25, -0.2) is 10.0 Å². The van der Waals surface area contributed by atoms with Gasteiger partial charge in [-0.05, 0) is 36.1 Å². The second-order valence-electron chi connectivity index (χ2n) is 7.99. The number of fused-ring (bicyclic) bond motifs is 2. The molecule has 1 amide bonds. The number of nitrogens with one attached hydrogen (secondary N) is 1. The summed E-state index contributed by atoms with van der Waals surface area (Å²) in [6.07, 6.45) is 4.31. The Morgan fingerprint density at radius 1 is 0.833 bits per heavy atom. The summed E-state index contributed by atoms with van der Waals surface area (Å²) in [6, 6.07) is 24.6. The van der Waals surface area contributed by atoms with E-state index in [1.54, 1.807) is 0 Å². The van der Waals surface area contributed by atoms with E-state index < -0.39 is 0 Å². The van der Waals surface area contributed by atoms with Crippen molar-refractivity contribution in [2.75, 3.05) is 13.1 Å². The van der Waals surface area contributed by atoms with Gasteiger partial charge in [0, 0.05) is 36.2 Å². The first-order valence-electron chi connectivity index (χ1n) is 10.7. The fourth-order valence-corrected chi connectivity index (χ4v) is 4.28. The van der Waals surface area contributed by atoms with Crippen LogP contribution in [0.3, 0.4) is 0 Å². The minimum absolute atomic E-state index is 0.0575. The molecule has 4 heteroatoms. The average molecular weight is 396 g/mol. The van der Waals surface area contributed by atoms with Crippen LogP contribution in [-0.2, 0) is 6.42 Å². The van der Waals surface area contributed by atoms with Gasteiger partial charge in [0.1, 0.15) is 0 Å². The summed E-state index contributed by atoms with van der Waals surface area (Å²) < 4.78 is 0. The molecule has 0 saturated carbocycles. The summed E-state index contributed by atoms with van der Waals surface area (Å²) in [7, 11) is 0. The van der Waals surface area contributed by atoms with Crippen LogP contribution in [0, 0.1) is 0 Å². The Kier molecular flexibility index (Phi) is 5.16. The lowest BCUT2D eigenvalue weighted by molar-refractivity contribution is 0.0750. The fourth-order valence-electron chi connectivity index (χ4n) is 4.28. The number of carbonyl (C=O) groups excluding carboxylic acids is 1. The number of carbonyl (C=O) groups is 1. The summed E-state index contributed by atoms with van der Waals surface area (Å²) in [4.78, 5) is 17.9. The first-order valence-corrected chi connectivity index (χ1v) is 10.7. The maximum atomic E-state index is 12.9. The Labute approximate surface area is 177 Å².